The summed E-state index contributed by atoms with van der Waals surface area (Å²) in [5.74, 6) is 1.52. The summed E-state index contributed by atoms with van der Waals surface area (Å²) in [6.07, 6.45) is 8.09. The summed E-state index contributed by atoms with van der Waals surface area (Å²) in [5.41, 5.74) is -0.00481. The third-order valence-corrected chi connectivity index (χ3v) is 7.21. The van der Waals surface area contributed by atoms with Gasteiger partial charge in [0.15, 0.2) is 0 Å². The number of rotatable bonds is 8. The first-order valence-electron chi connectivity index (χ1n) is 10.6. The van der Waals surface area contributed by atoms with Crippen LogP contribution in [-0.2, 0) is 10.0 Å². The Morgan fingerprint density at radius 2 is 1.87 bits per heavy atom. The Morgan fingerprint density at radius 3 is 2.40 bits per heavy atom. The van der Waals surface area contributed by atoms with Crippen LogP contribution in [0.4, 0.5) is 4.39 Å². The molecule has 2 aliphatic rings. The predicted octanol–water partition coefficient (Wildman–Crippen LogP) is 4.00. The summed E-state index contributed by atoms with van der Waals surface area (Å²) >= 11 is 0. The first kappa shape index (κ1) is 23.0. The largest absolute Gasteiger partial charge is 0.493 e. The van der Waals surface area contributed by atoms with E-state index < -0.39 is 15.7 Å². The van der Waals surface area contributed by atoms with Crippen molar-refractivity contribution in [2.45, 2.75) is 44.7 Å². The molecule has 0 saturated carbocycles. The molecule has 1 atom stereocenters. The Labute approximate surface area is 180 Å². The zero-order chi connectivity index (χ0) is 21.8. The van der Waals surface area contributed by atoms with Crippen LogP contribution >= 0.6 is 0 Å². The topological polar surface area (TPSA) is 58.6 Å². The molecule has 1 unspecified atom stereocenters. The maximum Gasteiger partial charge on any atom is 0.239 e. The monoisotopic (exact) mass is 436 g/mol. The number of alkyl halides is 1. The number of allylic oxidation sites excluding steroid dienone is 3. The van der Waals surface area contributed by atoms with Crippen LogP contribution < -0.4 is 9.46 Å². The predicted molar refractivity (Wildman–Crippen MR) is 119 cm³/mol. The van der Waals surface area contributed by atoms with Crippen molar-refractivity contribution in [2.75, 3.05) is 33.3 Å². The van der Waals surface area contributed by atoms with Gasteiger partial charge in [0, 0.05) is 12.5 Å². The third-order valence-electron chi connectivity index (χ3n) is 5.75. The van der Waals surface area contributed by atoms with Crippen LogP contribution in [0.25, 0.3) is 0 Å². The molecule has 5 nitrogen and oxygen atoms in total. The fourth-order valence-corrected chi connectivity index (χ4v) is 4.84. The van der Waals surface area contributed by atoms with Gasteiger partial charge in [-0.25, -0.2) is 17.5 Å². The Hall–Kier alpha value is -1.70. The van der Waals surface area contributed by atoms with Crippen LogP contribution in [0, 0.1) is 5.92 Å². The molecule has 7 heteroatoms. The van der Waals surface area contributed by atoms with Gasteiger partial charge in [0.1, 0.15) is 11.4 Å². The van der Waals surface area contributed by atoms with E-state index in [-0.39, 0.29) is 5.92 Å². The van der Waals surface area contributed by atoms with Gasteiger partial charge in [0.05, 0.1) is 11.5 Å². The minimum absolute atomic E-state index is 0.166. The number of sulfonamides is 1. The standard InChI is InChI=1S/C23H33FN2O3S/c1-23(2,24)17-26-14-12-18(13-15-26)16-29-21-8-4-19(5-9-21)20-6-10-22(11-7-20)30(27,28)25-3/h4-6,8-11,18,20,25H,7,12-17H2,1-3H3. The second-order valence-electron chi connectivity index (χ2n) is 8.83. The lowest BCUT2D eigenvalue weighted by molar-refractivity contribution is 0.0836. The van der Waals surface area contributed by atoms with E-state index in [0.717, 1.165) is 37.2 Å². The van der Waals surface area contributed by atoms with Crippen molar-refractivity contribution in [3.05, 3.63) is 53.0 Å². The second kappa shape index (κ2) is 9.62. The molecule has 1 aliphatic carbocycles. The van der Waals surface area contributed by atoms with E-state index >= 15 is 0 Å². The lowest BCUT2D eigenvalue weighted by atomic mass is 9.92. The van der Waals surface area contributed by atoms with Crippen LogP contribution in [0.2, 0.25) is 0 Å². The van der Waals surface area contributed by atoms with Crippen LogP contribution in [-0.4, -0.2) is 52.3 Å². The third kappa shape index (κ3) is 6.40. The number of nitrogens with one attached hydrogen (secondary N) is 1. The normalized spacial score (nSPS) is 21.5. The SMILES string of the molecule is CNS(=O)(=O)C1=CCC(c2ccc(OCC3CCN(CC(C)(C)F)CC3)cc2)C=C1. The minimum atomic E-state index is -3.38. The quantitative estimate of drug-likeness (QED) is 0.669. The van der Waals surface area contributed by atoms with Gasteiger partial charge in [-0.1, -0.05) is 24.3 Å². The Morgan fingerprint density at radius 1 is 1.20 bits per heavy atom. The van der Waals surface area contributed by atoms with Crippen LogP contribution in [0.3, 0.4) is 0 Å². The Kier molecular flexibility index (Phi) is 7.37. The number of likely N-dealkylation sites (tertiary alicyclic amines) is 1. The summed E-state index contributed by atoms with van der Waals surface area (Å²) < 4.78 is 45.8. The first-order valence-corrected chi connectivity index (χ1v) is 12.1. The average Bonchev–Trinajstić information content (AvgIpc) is 2.73. The van der Waals surface area contributed by atoms with E-state index in [9.17, 15) is 12.8 Å². The van der Waals surface area contributed by atoms with Gasteiger partial charge < -0.3 is 9.64 Å². The number of benzene rings is 1. The van der Waals surface area contributed by atoms with Crippen molar-refractivity contribution in [2.24, 2.45) is 5.92 Å². The van der Waals surface area contributed by atoms with Crippen molar-refractivity contribution in [3.8, 4) is 5.75 Å². The highest BCUT2D eigenvalue weighted by Crippen LogP contribution is 2.29. The summed E-state index contributed by atoms with van der Waals surface area (Å²) in [4.78, 5) is 2.52. The molecule has 1 aliphatic heterocycles. The second-order valence-corrected chi connectivity index (χ2v) is 10.7. The van der Waals surface area contributed by atoms with Crippen LogP contribution in [0.15, 0.2) is 47.4 Å². The molecule has 3 rings (SSSR count). The highest BCUT2D eigenvalue weighted by atomic mass is 32.2. The molecule has 1 N–H and O–H groups in total. The number of nitrogens with zero attached hydrogens (tertiary/aromatic N) is 1. The van der Waals surface area contributed by atoms with Crippen molar-refractivity contribution in [1.82, 2.24) is 9.62 Å². The molecule has 166 valence electrons. The van der Waals surface area contributed by atoms with E-state index in [1.54, 1.807) is 26.0 Å². The van der Waals surface area contributed by atoms with Crippen molar-refractivity contribution in [1.29, 1.82) is 0 Å². The summed E-state index contributed by atoms with van der Waals surface area (Å²) in [5, 5.41) is 0. The van der Waals surface area contributed by atoms with Crippen molar-refractivity contribution >= 4 is 10.0 Å². The van der Waals surface area contributed by atoms with Gasteiger partial charge >= 0.3 is 0 Å². The van der Waals surface area contributed by atoms with E-state index in [1.807, 2.05) is 30.3 Å². The van der Waals surface area contributed by atoms with E-state index in [0.29, 0.717) is 30.4 Å². The summed E-state index contributed by atoms with van der Waals surface area (Å²) in [6, 6.07) is 8.05. The molecule has 0 bridgehead atoms. The molecular weight excluding hydrogens is 403 g/mol. The molecular formula is C23H33FN2O3S. The molecule has 1 heterocycles. The molecule has 1 fully saturated rings. The molecule has 1 aromatic carbocycles. The van der Waals surface area contributed by atoms with Crippen molar-refractivity contribution in [3.63, 3.8) is 0 Å². The number of piperidine rings is 1. The highest BCUT2D eigenvalue weighted by Gasteiger charge is 2.25. The van der Waals surface area contributed by atoms with Gasteiger partial charge in [0.25, 0.3) is 0 Å². The van der Waals surface area contributed by atoms with E-state index in [4.69, 9.17) is 4.74 Å². The molecule has 0 spiro atoms. The van der Waals surface area contributed by atoms with Gasteiger partial charge in [-0.05, 0) is 82.9 Å². The Bertz CT molecular complexity index is 865. The van der Waals surface area contributed by atoms with Gasteiger partial charge in [-0.15, -0.1) is 0 Å². The molecule has 1 saturated heterocycles. The maximum atomic E-state index is 13.8. The first-order chi connectivity index (χ1) is 14.2. The average molecular weight is 437 g/mol. The highest BCUT2D eigenvalue weighted by molar-refractivity contribution is 7.93. The maximum absolute atomic E-state index is 13.8. The van der Waals surface area contributed by atoms with E-state index in [1.165, 1.54) is 7.05 Å². The number of hydrogen-bond donors (Lipinski definition) is 1. The van der Waals surface area contributed by atoms with Gasteiger partial charge in [-0.3, -0.25) is 0 Å². The molecule has 1 aromatic rings. The molecule has 0 radical (unpaired) electrons. The zero-order valence-electron chi connectivity index (χ0n) is 18.1. The fraction of sp³-hybridized carbons (Fsp3) is 0.565. The Balaban J connectivity index is 1.46. The van der Waals surface area contributed by atoms with Gasteiger partial charge in [0.2, 0.25) is 10.0 Å². The lowest BCUT2D eigenvalue weighted by Crippen LogP contribution is -2.41. The number of hydrogen-bond acceptors (Lipinski definition) is 4. The zero-order valence-corrected chi connectivity index (χ0v) is 18.9. The van der Waals surface area contributed by atoms with Crippen LogP contribution in [0.5, 0.6) is 5.75 Å². The number of ether oxygens (including phenoxy) is 1. The van der Waals surface area contributed by atoms with E-state index in [2.05, 4.69) is 9.62 Å². The molecule has 0 aromatic heterocycles. The lowest BCUT2D eigenvalue weighted by Gasteiger charge is -2.34. The molecule has 30 heavy (non-hydrogen) atoms. The fourth-order valence-electron chi connectivity index (χ4n) is 4.03. The summed E-state index contributed by atoms with van der Waals surface area (Å²) in [7, 11) is -1.96. The minimum Gasteiger partial charge on any atom is -0.493 e. The number of halogens is 1. The smallest absolute Gasteiger partial charge is 0.239 e. The van der Waals surface area contributed by atoms with Crippen LogP contribution in [0.1, 0.15) is 44.6 Å². The van der Waals surface area contributed by atoms with Gasteiger partial charge in [-0.2, -0.15) is 0 Å². The summed E-state index contributed by atoms with van der Waals surface area (Å²) in [6.45, 7) is 6.29. The molecule has 0 amide bonds. The van der Waals surface area contributed by atoms with Crippen molar-refractivity contribution < 1.29 is 17.5 Å².